The van der Waals surface area contributed by atoms with Gasteiger partial charge >= 0.3 is 12.0 Å². The summed E-state index contributed by atoms with van der Waals surface area (Å²) in [5.74, 6) is 0.383. The van der Waals surface area contributed by atoms with E-state index >= 15 is 0 Å². The van der Waals surface area contributed by atoms with Gasteiger partial charge in [-0.05, 0) is 12.1 Å². The van der Waals surface area contributed by atoms with Crippen molar-refractivity contribution in [3.05, 3.63) is 41.4 Å². The van der Waals surface area contributed by atoms with Crippen molar-refractivity contribution < 1.29 is 14.7 Å². The van der Waals surface area contributed by atoms with E-state index in [2.05, 4.69) is 17.2 Å². The van der Waals surface area contributed by atoms with E-state index in [0.29, 0.717) is 6.54 Å². The fraction of sp³-hybridized carbons (Fsp3) is 0.231. The second-order valence-electron chi connectivity index (χ2n) is 3.71. The summed E-state index contributed by atoms with van der Waals surface area (Å²) < 4.78 is 0. The number of thioether (sulfide) groups is 1. The van der Waals surface area contributed by atoms with E-state index in [9.17, 15) is 9.59 Å². The molecule has 0 aliphatic carbocycles. The minimum Gasteiger partial charge on any atom is -0.478 e. The molecule has 7 heteroatoms. The van der Waals surface area contributed by atoms with Crippen LogP contribution in [-0.4, -0.2) is 35.2 Å². The van der Waals surface area contributed by atoms with Gasteiger partial charge in [0.25, 0.3) is 0 Å². The van der Waals surface area contributed by atoms with Crippen molar-refractivity contribution >= 4 is 41.1 Å². The maximum atomic E-state index is 11.6. The lowest BCUT2D eigenvalue weighted by Crippen LogP contribution is -2.31. The highest BCUT2D eigenvalue weighted by Gasteiger charge is 2.15. The number of halogens is 1. The SMILES string of the molecule is C=CCSCCNC(=O)Nc1cccc(Cl)c1C(=O)O. The molecule has 0 saturated carbocycles. The average molecular weight is 315 g/mol. The van der Waals surface area contributed by atoms with Crippen LogP contribution < -0.4 is 10.6 Å². The lowest BCUT2D eigenvalue weighted by atomic mass is 10.2. The molecule has 0 saturated heterocycles. The summed E-state index contributed by atoms with van der Waals surface area (Å²) in [7, 11) is 0. The Morgan fingerprint density at radius 2 is 2.20 bits per heavy atom. The smallest absolute Gasteiger partial charge is 0.339 e. The third-order valence-electron chi connectivity index (χ3n) is 2.24. The molecule has 0 spiro atoms. The normalized spacial score (nSPS) is 9.85. The predicted molar refractivity (Wildman–Crippen MR) is 83.0 cm³/mol. The molecule has 108 valence electrons. The minimum atomic E-state index is -1.19. The van der Waals surface area contributed by atoms with Crippen LogP contribution >= 0.6 is 23.4 Å². The largest absolute Gasteiger partial charge is 0.478 e. The number of nitrogens with one attached hydrogen (secondary N) is 2. The number of anilines is 1. The lowest BCUT2D eigenvalue weighted by molar-refractivity contribution is 0.0698. The van der Waals surface area contributed by atoms with Crippen molar-refractivity contribution in [2.24, 2.45) is 0 Å². The van der Waals surface area contributed by atoms with Gasteiger partial charge in [-0.25, -0.2) is 9.59 Å². The van der Waals surface area contributed by atoms with Crippen LogP contribution in [0.2, 0.25) is 5.02 Å². The van der Waals surface area contributed by atoms with Crippen molar-refractivity contribution in [1.82, 2.24) is 5.32 Å². The van der Waals surface area contributed by atoms with Crippen LogP contribution in [0.15, 0.2) is 30.9 Å². The van der Waals surface area contributed by atoms with Crippen molar-refractivity contribution in [1.29, 1.82) is 0 Å². The van der Waals surface area contributed by atoms with Gasteiger partial charge in [-0.1, -0.05) is 23.7 Å². The molecule has 20 heavy (non-hydrogen) atoms. The Labute approximate surface area is 126 Å². The number of aromatic carboxylic acids is 1. The van der Waals surface area contributed by atoms with Gasteiger partial charge in [0.15, 0.2) is 0 Å². The number of benzene rings is 1. The van der Waals surface area contributed by atoms with E-state index < -0.39 is 12.0 Å². The molecule has 0 aromatic heterocycles. The first kappa shape index (κ1) is 16.4. The zero-order chi connectivity index (χ0) is 15.0. The first-order chi connectivity index (χ1) is 9.56. The van der Waals surface area contributed by atoms with Crippen LogP contribution in [0.4, 0.5) is 10.5 Å². The molecule has 0 aliphatic rings. The van der Waals surface area contributed by atoms with Gasteiger partial charge in [-0.2, -0.15) is 11.8 Å². The number of carboxylic acids is 1. The second kappa shape index (κ2) is 8.50. The highest BCUT2D eigenvalue weighted by atomic mass is 35.5. The van der Waals surface area contributed by atoms with Crippen molar-refractivity contribution in [2.75, 3.05) is 23.4 Å². The molecule has 0 fully saturated rings. The average Bonchev–Trinajstić information content (AvgIpc) is 2.38. The lowest BCUT2D eigenvalue weighted by Gasteiger charge is -2.10. The fourth-order valence-corrected chi connectivity index (χ4v) is 2.25. The molecule has 0 atom stereocenters. The number of hydrogen-bond donors (Lipinski definition) is 3. The van der Waals surface area contributed by atoms with Gasteiger partial charge in [-0.15, -0.1) is 6.58 Å². The molecule has 1 aromatic rings. The van der Waals surface area contributed by atoms with Crippen LogP contribution in [0, 0.1) is 0 Å². The van der Waals surface area contributed by atoms with E-state index in [0.717, 1.165) is 11.5 Å². The number of urea groups is 1. The quantitative estimate of drug-likeness (QED) is 0.534. The van der Waals surface area contributed by atoms with Gasteiger partial charge in [-0.3, -0.25) is 0 Å². The maximum Gasteiger partial charge on any atom is 0.339 e. The van der Waals surface area contributed by atoms with Crippen LogP contribution in [0.25, 0.3) is 0 Å². The standard InChI is InChI=1S/C13H15ClN2O3S/c1-2-7-20-8-6-15-13(19)16-10-5-3-4-9(14)11(10)12(17)18/h2-5H,1,6-8H2,(H,17,18)(H2,15,16,19). The zero-order valence-corrected chi connectivity index (χ0v) is 12.3. The summed E-state index contributed by atoms with van der Waals surface area (Å²) >= 11 is 7.44. The van der Waals surface area contributed by atoms with E-state index in [1.165, 1.54) is 12.1 Å². The van der Waals surface area contributed by atoms with Crippen LogP contribution in [0.1, 0.15) is 10.4 Å². The Hall–Kier alpha value is -1.66. The summed E-state index contributed by atoms with van der Waals surface area (Å²) in [5.41, 5.74) is 0.0478. The second-order valence-corrected chi connectivity index (χ2v) is 5.27. The summed E-state index contributed by atoms with van der Waals surface area (Å²) in [6.07, 6.45) is 1.79. The van der Waals surface area contributed by atoms with E-state index in [1.807, 2.05) is 0 Å². The van der Waals surface area contributed by atoms with E-state index in [1.54, 1.807) is 23.9 Å². The maximum absolute atomic E-state index is 11.6. The number of hydrogen-bond acceptors (Lipinski definition) is 3. The van der Waals surface area contributed by atoms with Crippen molar-refractivity contribution in [3.63, 3.8) is 0 Å². The Kier molecular flexibility index (Phi) is 6.97. The monoisotopic (exact) mass is 314 g/mol. The van der Waals surface area contributed by atoms with E-state index in [-0.39, 0.29) is 16.3 Å². The van der Waals surface area contributed by atoms with Gasteiger partial charge in [0.2, 0.25) is 0 Å². The third-order valence-corrected chi connectivity index (χ3v) is 3.52. The Balaban J connectivity index is 2.56. The van der Waals surface area contributed by atoms with Gasteiger partial charge in [0.1, 0.15) is 5.56 Å². The van der Waals surface area contributed by atoms with Crippen LogP contribution in [0.3, 0.4) is 0 Å². The van der Waals surface area contributed by atoms with Gasteiger partial charge in [0.05, 0.1) is 10.7 Å². The van der Waals surface area contributed by atoms with Crippen LogP contribution in [-0.2, 0) is 0 Å². The summed E-state index contributed by atoms with van der Waals surface area (Å²) in [6.45, 7) is 4.07. The molecule has 1 rings (SSSR count). The van der Waals surface area contributed by atoms with Crippen LogP contribution in [0.5, 0.6) is 0 Å². The summed E-state index contributed by atoms with van der Waals surface area (Å²) in [4.78, 5) is 22.7. The van der Waals surface area contributed by atoms with Crippen molar-refractivity contribution in [2.45, 2.75) is 0 Å². The Morgan fingerprint density at radius 3 is 2.85 bits per heavy atom. The molecular formula is C13H15ClN2O3S. The zero-order valence-electron chi connectivity index (χ0n) is 10.7. The third kappa shape index (κ3) is 5.14. The number of carbonyl (C=O) groups is 2. The highest BCUT2D eigenvalue weighted by Crippen LogP contribution is 2.24. The molecule has 0 radical (unpaired) electrons. The molecule has 0 unspecified atom stereocenters. The summed E-state index contributed by atoms with van der Waals surface area (Å²) in [6, 6.07) is 4.06. The topological polar surface area (TPSA) is 78.4 Å². The molecule has 0 heterocycles. The Morgan fingerprint density at radius 1 is 1.45 bits per heavy atom. The summed E-state index contributed by atoms with van der Waals surface area (Å²) in [5, 5.41) is 14.3. The first-order valence-corrected chi connectivity index (χ1v) is 7.34. The highest BCUT2D eigenvalue weighted by molar-refractivity contribution is 7.99. The minimum absolute atomic E-state index is 0.0804. The molecular weight excluding hydrogens is 300 g/mol. The van der Waals surface area contributed by atoms with E-state index in [4.69, 9.17) is 16.7 Å². The van der Waals surface area contributed by atoms with Crippen molar-refractivity contribution in [3.8, 4) is 0 Å². The first-order valence-electron chi connectivity index (χ1n) is 5.81. The molecule has 0 aliphatic heterocycles. The molecule has 3 N–H and O–H groups in total. The number of carbonyl (C=O) groups excluding carboxylic acids is 1. The fourth-order valence-electron chi connectivity index (χ4n) is 1.42. The Bertz CT molecular complexity index is 508. The number of rotatable bonds is 7. The van der Waals surface area contributed by atoms with Gasteiger partial charge in [0, 0.05) is 18.1 Å². The molecule has 1 aromatic carbocycles. The predicted octanol–water partition coefficient (Wildman–Crippen LogP) is 3.08. The molecule has 0 bridgehead atoms. The molecule has 5 nitrogen and oxygen atoms in total. The molecule has 2 amide bonds. The number of carboxylic acid groups (broad SMARTS) is 1. The van der Waals surface area contributed by atoms with Gasteiger partial charge < -0.3 is 15.7 Å². The number of amides is 2.